The number of rotatable bonds is 3. The number of hydrogen-bond acceptors (Lipinski definition) is 5. The van der Waals surface area contributed by atoms with Gasteiger partial charge in [-0.25, -0.2) is 0 Å². The number of carbonyl (C=O) groups is 2. The normalized spacial score (nSPS) is 27.9. The Balaban J connectivity index is 1.98. The zero-order chi connectivity index (χ0) is 19.9. The first kappa shape index (κ1) is 18.7. The van der Waals surface area contributed by atoms with Crippen LogP contribution in [0.15, 0.2) is 35.9 Å². The molecule has 1 saturated heterocycles. The molecule has 148 valence electrons. The smallest absolute Gasteiger partial charge is 0.321 e. The summed E-state index contributed by atoms with van der Waals surface area (Å²) < 4.78 is 10.8. The highest BCUT2D eigenvalue weighted by atomic mass is 16.5. The number of methoxy groups -OCH3 is 1. The molecule has 1 fully saturated rings. The van der Waals surface area contributed by atoms with Crippen molar-refractivity contribution >= 4 is 22.8 Å². The van der Waals surface area contributed by atoms with Crippen LogP contribution < -0.4 is 0 Å². The van der Waals surface area contributed by atoms with Crippen molar-refractivity contribution in [1.82, 2.24) is 9.88 Å². The first-order valence-electron chi connectivity index (χ1n) is 9.67. The molecule has 3 heterocycles. The van der Waals surface area contributed by atoms with Crippen LogP contribution in [0, 0.1) is 5.92 Å². The van der Waals surface area contributed by atoms with Crippen LogP contribution in [0.4, 0.5) is 0 Å². The zero-order valence-corrected chi connectivity index (χ0v) is 16.6. The number of fused-ring (bicyclic) bond motifs is 5. The topological polar surface area (TPSA) is 71.6 Å². The molecule has 2 aliphatic rings. The number of aromatic nitrogens is 1. The van der Waals surface area contributed by atoms with Crippen LogP contribution in [0.25, 0.3) is 10.9 Å². The first-order chi connectivity index (χ1) is 13.5. The van der Waals surface area contributed by atoms with Crippen molar-refractivity contribution < 1.29 is 19.1 Å². The Hall–Kier alpha value is -2.60. The number of ether oxygens (including phenoxy) is 2. The summed E-state index contributed by atoms with van der Waals surface area (Å²) in [7, 11) is 1.40. The van der Waals surface area contributed by atoms with E-state index in [9.17, 15) is 9.59 Å². The van der Waals surface area contributed by atoms with Crippen molar-refractivity contribution in [3.05, 3.63) is 47.2 Å². The molecule has 1 aromatic heterocycles. The van der Waals surface area contributed by atoms with Crippen molar-refractivity contribution in [1.29, 1.82) is 0 Å². The summed E-state index contributed by atoms with van der Waals surface area (Å²) in [6, 6.07) is 8.07. The zero-order valence-electron chi connectivity index (χ0n) is 16.6. The second-order valence-electron chi connectivity index (χ2n) is 7.78. The number of H-pyrrole nitrogens is 1. The van der Waals surface area contributed by atoms with Crippen molar-refractivity contribution in [3.63, 3.8) is 0 Å². The monoisotopic (exact) mass is 382 g/mol. The lowest BCUT2D eigenvalue weighted by Crippen LogP contribution is -2.52. The minimum Gasteiger partial charge on any atom is -0.468 e. The molecule has 0 aliphatic carbocycles. The Labute approximate surface area is 164 Å². The van der Waals surface area contributed by atoms with E-state index in [0.717, 1.165) is 48.2 Å². The fourth-order valence-electron chi connectivity index (χ4n) is 4.86. The van der Waals surface area contributed by atoms with Gasteiger partial charge in [0.25, 0.3) is 0 Å². The van der Waals surface area contributed by atoms with E-state index < -0.39 is 11.4 Å². The van der Waals surface area contributed by atoms with Crippen LogP contribution >= 0.6 is 0 Å². The van der Waals surface area contributed by atoms with Gasteiger partial charge in [-0.05, 0) is 25.0 Å². The number of para-hydroxylation sites is 1. The second-order valence-corrected chi connectivity index (χ2v) is 7.78. The summed E-state index contributed by atoms with van der Waals surface area (Å²) in [6.45, 7) is 5.77. The number of hydrogen-bond donors (Lipinski definition) is 1. The molecule has 0 spiro atoms. The quantitative estimate of drug-likeness (QED) is 0.653. The molecule has 0 saturated carbocycles. The second kappa shape index (κ2) is 7.09. The molecule has 6 heteroatoms. The van der Waals surface area contributed by atoms with Crippen LogP contribution in [-0.4, -0.2) is 48.6 Å². The fourth-order valence-corrected chi connectivity index (χ4v) is 4.86. The summed E-state index contributed by atoms with van der Waals surface area (Å²) in [5, 5.41) is 1.10. The minimum absolute atomic E-state index is 0.0235. The number of piperidine rings is 1. The van der Waals surface area contributed by atoms with E-state index in [2.05, 4.69) is 22.0 Å². The van der Waals surface area contributed by atoms with Crippen LogP contribution in [0.3, 0.4) is 0 Å². The van der Waals surface area contributed by atoms with E-state index in [1.807, 2.05) is 25.1 Å². The average molecular weight is 382 g/mol. The lowest BCUT2D eigenvalue weighted by Gasteiger charge is -2.41. The van der Waals surface area contributed by atoms with Gasteiger partial charge in [0.05, 0.1) is 7.11 Å². The molecule has 3 unspecified atom stereocenters. The third-order valence-corrected chi connectivity index (χ3v) is 6.21. The van der Waals surface area contributed by atoms with Gasteiger partial charge >= 0.3 is 11.9 Å². The molecule has 6 nitrogen and oxygen atoms in total. The highest BCUT2D eigenvalue weighted by molar-refractivity contribution is 5.91. The van der Waals surface area contributed by atoms with Gasteiger partial charge in [-0.1, -0.05) is 29.8 Å². The molecule has 28 heavy (non-hydrogen) atoms. The van der Waals surface area contributed by atoms with Gasteiger partial charge in [0.1, 0.15) is 12.0 Å². The molecule has 4 rings (SSSR count). The van der Waals surface area contributed by atoms with E-state index >= 15 is 0 Å². The standard InChI is InChI=1S/C22H26N2O4/c1-4-15-9-16-11-24(10-15)12-18-17-7-5-6-8-19(17)23-20(18)22(16,21(26)27-3)13-28-14(2)25/h4-8,16,23H,9-13H2,1-3H3. The SMILES string of the molecule is CC=C1CC2CN(C1)Cc1c([nH]c3ccccc13)C2(COC(C)=O)C(=O)OC. The maximum Gasteiger partial charge on any atom is 0.321 e. The van der Waals surface area contributed by atoms with Gasteiger partial charge in [-0.15, -0.1) is 0 Å². The van der Waals surface area contributed by atoms with Gasteiger partial charge in [0.2, 0.25) is 0 Å². The molecule has 0 amide bonds. The molecule has 2 aromatic rings. The summed E-state index contributed by atoms with van der Waals surface area (Å²) in [4.78, 5) is 30.9. The third kappa shape index (κ3) is 2.83. The Bertz CT molecular complexity index is 961. The number of esters is 2. The van der Waals surface area contributed by atoms with Crippen LogP contribution in [0.2, 0.25) is 0 Å². The lowest BCUT2D eigenvalue weighted by molar-refractivity contribution is -0.158. The van der Waals surface area contributed by atoms with Crippen molar-refractivity contribution in [3.8, 4) is 0 Å². The van der Waals surface area contributed by atoms with Gasteiger partial charge in [-0.2, -0.15) is 0 Å². The lowest BCUT2D eigenvalue weighted by atomic mass is 9.69. The fraction of sp³-hybridized carbons (Fsp3) is 0.455. The predicted molar refractivity (Wildman–Crippen MR) is 106 cm³/mol. The Morgan fingerprint density at radius 1 is 1.32 bits per heavy atom. The first-order valence-corrected chi connectivity index (χ1v) is 9.67. The number of aromatic amines is 1. The minimum atomic E-state index is -1.06. The van der Waals surface area contributed by atoms with Crippen LogP contribution in [0.5, 0.6) is 0 Å². The molecule has 1 N–H and O–H groups in total. The van der Waals surface area contributed by atoms with E-state index in [0.29, 0.717) is 0 Å². The molecule has 0 radical (unpaired) electrons. The number of carbonyl (C=O) groups excluding carboxylic acids is 2. The molecule has 2 bridgehead atoms. The highest BCUT2D eigenvalue weighted by Crippen LogP contribution is 2.46. The number of benzene rings is 1. The summed E-state index contributed by atoms with van der Waals surface area (Å²) in [5.74, 6) is -0.802. The van der Waals surface area contributed by atoms with Gasteiger partial charge in [-0.3, -0.25) is 14.5 Å². The molecule has 3 atom stereocenters. The Morgan fingerprint density at radius 3 is 2.82 bits per heavy atom. The maximum absolute atomic E-state index is 13.3. The maximum atomic E-state index is 13.3. The van der Waals surface area contributed by atoms with E-state index in [1.54, 1.807) is 0 Å². The molecular weight excluding hydrogens is 356 g/mol. The number of nitrogens with zero attached hydrogens (tertiary/aromatic N) is 1. The van der Waals surface area contributed by atoms with E-state index in [-0.39, 0.29) is 18.5 Å². The molecular formula is C22H26N2O4. The van der Waals surface area contributed by atoms with Crippen molar-refractivity contribution in [2.45, 2.75) is 32.2 Å². The van der Waals surface area contributed by atoms with Crippen LogP contribution in [0.1, 0.15) is 31.5 Å². The highest BCUT2D eigenvalue weighted by Gasteiger charge is 2.55. The Kier molecular flexibility index (Phi) is 4.75. The van der Waals surface area contributed by atoms with E-state index in [4.69, 9.17) is 9.47 Å². The largest absolute Gasteiger partial charge is 0.468 e. The summed E-state index contributed by atoms with van der Waals surface area (Å²) >= 11 is 0. The average Bonchev–Trinajstić information content (AvgIpc) is 3.02. The van der Waals surface area contributed by atoms with Gasteiger partial charge < -0.3 is 14.5 Å². The van der Waals surface area contributed by atoms with Crippen molar-refractivity contribution in [2.75, 3.05) is 26.8 Å². The number of nitrogens with one attached hydrogen (secondary N) is 1. The van der Waals surface area contributed by atoms with Gasteiger partial charge in [0.15, 0.2) is 0 Å². The molecule has 2 aliphatic heterocycles. The number of allylic oxidation sites excluding steroid dienone is 1. The van der Waals surface area contributed by atoms with Crippen LogP contribution in [-0.2, 0) is 31.0 Å². The van der Waals surface area contributed by atoms with Crippen molar-refractivity contribution in [2.24, 2.45) is 5.92 Å². The summed E-state index contributed by atoms with van der Waals surface area (Å²) in [6.07, 6.45) is 2.91. The van der Waals surface area contributed by atoms with E-state index in [1.165, 1.54) is 19.6 Å². The van der Waals surface area contributed by atoms with Gasteiger partial charge in [0, 0.05) is 49.1 Å². The predicted octanol–water partition coefficient (Wildman–Crippen LogP) is 2.92. The molecule has 1 aromatic carbocycles. The Morgan fingerprint density at radius 2 is 2.11 bits per heavy atom. The third-order valence-electron chi connectivity index (χ3n) is 6.21. The summed E-state index contributed by atoms with van der Waals surface area (Å²) in [5.41, 5.74) is 3.13.